The molecule has 0 atom stereocenters. The lowest BCUT2D eigenvalue weighted by molar-refractivity contribution is 0.744. The molecule has 0 unspecified atom stereocenters. The zero-order chi connectivity index (χ0) is 15.5. The van der Waals surface area contributed by atoms with Crippen LogP contribution in [-0.2, 0) is 0 Å². The highest BCUT2D eigenvalue weighted by molar-refractivity contribution is 7.08. The third kappa shape index (κ3) is 3.10. The van der Waals surface area contributed by atoms with Crippen LogP contribution in [0.15, 0.2) is 47.5 Å². The molecule has 0 amide bonds. The quantitative estimate of drug-likeness (QED) is 0.761. The van der Waals surface area contributed by atoms with Crippen LogP contribution >= 0.6 is 11.3 Å². The number of hydrogen-bond acceptors (Lipinski definition) is 5. The summed E-state index contributed by atoms with van der Waals surface area (Å²) in [5.74, 6) is 0.717. The fraction of sp³-hybridized carbons (Fsp3) is 0.278. The smallest absolute Gasteiger partial charge is 0.223 e. The summed E-state index contributed by atoms with van der Waals surface area (Å²) in [5.41, 5.74) is 4.16. The zero-order valence-corrected chi connectivity index (χ0v) is 13.6. The topological polar surface area (TPSA) is 50.7 Å². The first-order valence-corrected chi connectivity index (χ1v) is 8.91. The monoisotopic (exact) mass is 322 g/mol. The maximum Gasteiger partial charge on any atom is 0.223 e. The number of nitrogens with zero attached hydrogens (tertiary/aromatic N) is 3. The molecular weight excluding hydrogens is 304 g/mol. The largest absolute Gasteiger partial charge is 0.351 e. The molecule has 4 rings (SSSR count). The molecule has 0 aromatic carbocycles. The van der Waals surface area contributed by atoms with Crippen LogP contribution in [0.4, 0.5) is 5.95 Å². The normalized spacial score (nSPS) is 15.0. The minimum Gasteiger partial charge on any atom is -0.351 e. The van der Waals surface area contributed by atoms with Crippen molar-refractivity contribution in [3.05, 3.63) is 47.5 Å². The minimum absolute atomic E-state index is 0.503. The molecule has 4 nitrogen and oxygen atoms in total. The van der Waals surface area contributed by atoms with Gasteiger partial charge in [-0.05, 0) is 47.4 Å². The average Bonchev–Trinajstić information content (AvgIpc) is 3.29. The molecule has 0 saturated heterocycles. The number of aromatic nitrogens is 3. The second-order valence-corrected chi connectivity index (χ2v) is 6.62. The summed E-state index contributed by atoms with van der Waals surface area (Å²) in [5, 5.41) is 7.69. The van der Waals surface area contributed by atoms with Gasteiger partial charge in [0.2, 0.25) is 5.95 Å². The van der Waals surface area contributed by atoms with Crippen molar-refractivity contribution >= 4 is 17.3 Å². The predicted octanol–water partition coefficient (Wildman–Crippen LogP) is 4.62. The first kappa shape index (κ1) is 14.3. The maximum absolute atomic E-state index is 4.80. The van der Waals surface area contributed by atoms with Crippen LogP contribution in [0.25, 0.3) is 22.4 Å². The third-order valence-electron chi connectivity index (χ3n) is 4.24. The van der Waals surface area contributed by atoms with Crippen molar-refractivity contribution in [2.24, 2.45) is 0 Å². The molecule has 3 aromatic rings. The number of nitrogens with one attached hydrogen (secondary N) is 1. The van der Waals surface area contributed by atoms with Gasteiger partial charge in [-0.2, -0.15) is 11.3 Å². The number of rotatable bonds is 4. The van der Waals surface area contributed by atoms with Crippen LogP contribution in [0.5, 0.6) is 0 Å². The van der Waals surface area contributed by atoms with E-state index >= 15 is 0 Å². The summed E-state index contributed by atoms with van der Waals surface area (Å²) in [6, 6.07) is 6.60. The molecule has 1 aliphatic rings. The molecule has 5 heteroatoms. The SMILES string of the molecule is c1cncc(-c2nc(NC3CCCC3)ncc2-c2ccsc2)c1. The summed E-state index contributed by atoms with van der Waals surface area (Å²) >= 11 is 1.68. The minimum atomic E-state index is 0.503. The summed E-state index contributed by atoms with van der Waals surface area (Å²) < 4.78 is 0. The van der Waals surface area contributed by atoms with Gasteiger partial charge in [0.25, 0.3) is 0 Å². The fourth-order valence-corrected chi connectivity index (χ4v) is 3.71. The molecule has 1 N–H and O–H groups in total. The summed E-state index contributed by atoms with van der Waals surface area (Å²) in [7, 11) is 0. The lowest BCUT2D eigenvalue weighted by Gasteiger charge is -2.14. The summed E-state index contributed by atoms with van der Waals surface area (Å²) in [6.45, 7) is 0. The number of hydrogen-bond donors (Lipinski definition) is 1. The molecule has 3 heterocycles. The zero-order valence-electron chi connectivity index (χ0n) is 12.8. The van der Waals surface area contributed by atoms with E-state index in [9.17, 15) is 0 Å². The molecule has 0 spiro atoms. The van der Waals surface area contributed by atoms with Gasteiger partial charge in [0.1, 0.15) is 0 Å². The van der Waals surface area contributed by atoms with Crippen molar-refractivity contribution < 1.29 is 0 Å². The van der Waals surface area contributed by atoms with Gasteiger partial charge < -0.3 is 5.32 Å². The van der Waals surface area contributed by atoms with E-state index in [-0.39, 0.29) is 0 Å². The van der Waals surface area contributed by atoms with Crippen LogP contribution < -0.4 is 5.32 Å². The van der Waals surface area contributed by atoms with Gasteiger partial charge in [0.15, 0.2) is 0 Å². The predicted molar refractivity (Wildman–Crippen MR) is 94.5 cm³/mol. The molecule has 116 valence electrons. The molecule has 0 radical (unpaired) electrons. The van der Waals surface area contributed by atoms with E-state index in [4.69, 9.17) is 4.98 Å². The van der Waals surface area contributed by atoms with Gasteiger partial charge in [-0.1, -0.05) is 12.8 Å². The Kier molecular flexibility index (Phi) is 4.03. The molecular formula is C18H18N4S. The van der Waals surface area contributed by atoms with E-state index in [0.29, 0.717) is 6.04 Å². The second-order valence-electron chi connectivity index (χ2n) is 5.84. The van der Waals surface area contributed by atoms with Gasteiger partial charge in [0.05, 0.1) is 5.69 Å². The third-order valence-corrected chi connectivity index (χ3v) is 4.93. The molecule has 1 saturated carbocycles. The van der Waals surface area contributed by atoms with Crippen molar-refractivity contribution in [2.45, 2.75) is 31.7 Å². The molecule has 0 bridgehead atoms. The molecule has 23 heavy (non-hydrogen) atoms. The molecule has 1 fully saturated rings. The lowest BCUT2D eigenvalue weighted by Crippen LogP contribution is -2.16. The van der Waals surface area contributed by atoms with Crippen molar-refractivity contribution in [1.82, 2.24) is 15.0 Å². The highest BCUT2D eigenvalue weighted by atomic mass is 32.1. The Hall–Kier alpha value is -2.27. The summed E-state index contributed by atoms with van der Waals surface area (Å²) in [6.07, 6.45) is 10.6. The highest BCUT2D eigenvalue weighted by Crippen LogP contribution is 2.32. The molecule has 0 aliphatic heterocycles. The maximum atomic E-state index is 4.80. The number of thiophene rings is 1. The van der Waals surface area contributed by atoms with E-state index in [1.165, 1.54) is 25.7 Å². The van der Waals surface area contributed by atoms with Crippen LogP contribution in [0.1, 0.15) is 25.7 Å². The van der Waals surface area contributed by atoms with Crippen molar-refractivity contribution in [2.75, 3.05) is 5.32 Å². The van der Waals surface area contributed by atoms with E-state index in [2.05, 4.69) is 32.1 Å². The van der Waals surface area contributed by atoms with Crippen LogP contribution in [0.2, 0.25) is 0 Å². The lowest BCUT2D eigenvalue weighted by atomic mass is 10.0. The van der Waals surface area contributed by atoms with Crippen LogP contribution in [0.3, 0.4) is 0 Å². The van der Waals surface area contributed by atoms with E-state index < -0.39 is 0 Å². The van der Waals surface area contributed by atoms with E-state index in [0.717, 1.165) is 28.3 Å². The number of pyridine rings is 1. The van der Waals surface area contributed by atoms with Gasteiger partial charge in [-0.15, -0.1) is 0 Å². The average molecular weight is 322 g/mol. The Morgan fingerprint density at radius 2 is 2.00 bits per heavy atom. The Morgan fingerprint density at radius 1 is 1.09 bits per heavy atom. The van der Waals surface area contributed by atoms with E-state index in [1.807, 2.05) is 24.5 Å². The van der Waals surface area contributed by atoms with Gasteiger partial charge in [-0.25, -0.2) is 9.97 Å². The first-order valence-electron chi connectivity index (χ1n) is 7.97. The van der Waals surface area contributed by atoms with E-state index in [1.54, 1.807) is 17.5 Å². The Balaban J connectivity index is 1.75. The fourth-order valence-electron chi connectivity index (χ4n) is 3.06. The highest BCUT2D eigenvalue weighted by Gasteiger charge is 2.17. The van der Waals surface area contributed by atoms with Crippen LogP contribution in [-0.4, -0.2) is 21.0 Å². The molecule has 3 aromatic heterocycles. The van der Waals surface area contributed by atoms with Gasteiger partial charge in [0, 0.05) is 35.8 Å². The van der Waals surface area contributed by atoms with Gasteiger partial charge in [-0.3, -0.25) is 4.98 Å². The second kappa shape index (κ2) is 6.46. The Bertz CT molecular complexity index is 765. The summed E-state index contributed by atoms with van der Waals surface area (Å²) in [4.78, 5) is 13.6. The van der Waals surface area contributed by atoms with Crippen LogP contribution in [0, 0.1) is 0 Å². The van der Waals surface area contributed by atoms with Gasteiger partial charge >= 0.3 is 0 Å². The molecule has 1 aliphatic carbocycles. The van der Waals surface area contributed by atoms with Crippen molar-refractivity contribution in [3.8, 4) is 22.4 Å². The van der Waals surface area contributed by atoms with Crippen molar-refractivity contribution in [1.29, 1.82) is 0 Å². The Morgan fingerprint density at radius 3 is 2.74 bits per heavy atom. The first-order chi connectivity index (χ1) is 11.4. The van der Waals surface area contributed by atoms with Crippen molar-refractivity contribution in [3.63, 3.8) is 0 Å². The number of anilines is 1. The standard InChI is InChI=1S/C18H18N4S/c1-2-6-15(5-1)21-18-20-11-16(14-7-9-23-12-14)17(22-18)13-4-3-8-19-10-13/h3-4,7-12,15H,1-2,5-6H2,(H,20,21,22). The Labute approximate surface area is 139 Å².